The van der Waals surface area contributed by atoms with Crippen molar-refractivity contribution in [3.63, 3.8) is 0 Å². The van der Waals surface area contributed by atoms with E-state index in [0.29, 0.717) is 36.8 Å². The Bertz CT molecular complexity index is 529. The summed E-state index contributed by atoms with van der Waals surface area (Å²) >= 11 is 6.04. The Kier molecular flexibility index (Phi) is 4.32. The first-order chi connectivity index (χ1) is 9.10. The number of nitro benzene ring substituents is 1. The molecule has 6 nitrogen and oxygen atoms in total. The molecule has 1 heterocycles. The Morgan fingerprint density at radius 2 is 2.42 bits per heavy atom. The lowest BCUT2D eigenvalue weighted by Crippen LogP contribution is -2.41. The summed E-state index contributed by atoms with van der Waals surface area (Å²) in [7, 11) is 0. The van der Waals surface area contributed by atoms with Crippen molar-refractivity contribution in [1.29, 1.82) is 5.26 Å². The Labute approximate surface area is 115 Å². The molecule has 1 unspecified atom stereocenters. The van der Waals surface area contributed by atoms with Gasteiger partial charge in [-0.2, -0.15) is 5.26 Å². The molecule has 0 N–H and O–H groups in total. The maximum Gasteiger partial charge on any atom is 0.269 e. The van der Waals surface area contributed by atoms with Crippen molar-refractivity contribution in [2.75, 3.05) is 19.7 Å². The van der Waals surface area contributed by atoms with E-state index in [-0.39, 0.29) is 5.69 Å². The number of nitro groups is 1. The molecule has 1 aliphatic rings. The number of halogens is 1. The highest BCUT2D eigenvalue weighted by Crippen LogP contribution is 2.24. The monoisotopic (exact) mass is 281 g/mol. The maximum absolute atomic E-state index is 10.7. The number of rotatable bonds is 3. The lowest BCUT2D eigenvalue weighted by molar-refractivity contribution is -0.384. The van der Waals surface area contributed by atoms with Gasteiger partial charge in [0.15, 0.2) is 6.10 Å². The Morgan fingerprint density at radius 1 is 1.63 bits per heavy atom. The molecule has 1 aromatic carbocycles. The molecule has 0 amide bonds. The average Bonchev–Trinajstić information content (AvgIpc) is 2.41. The largest absolute Gasteiger partial charge is 0.361 e. The summed E-state index contributed by atoms with van der Waals surface area (Å²) in [6.07, 6.45) is -0.453. The van der Waals surface area contributed by atoms with Crippen LogP contribution in [-0.2, 0) is 11.3 Å². The Balaban J connectivity index is 2.12. The third-order valence-corrected chi connectivity index (χ3v) is 3.30. The number of nitrogens with zero attached hydrogens (tertiary/aromatic N) is 3. The molecule has 0 spiro atoms. The predicted octanol–water partition coefficient (Wildman–Crippen LogP) is 1.97. The number of hydrogen-bond acceptors (Lipinski definition) is 5. The Hall–Kier alpha value is -1.68. The van der Waals surface area contributed by atoms with Gasteiger partial charge in [-0.25, -0.2) is 0 Å². The molecule has 0 bridgehead atoms. The van der Waals surface area contributed by atoms with Gasteiger partial charge in [-0.05, 0) is 11.6 Å². The van der Waals surface area contributed by atoms with E-state index >= 15 is 0 Å². The van der Waals surface area contributed by atoms with E-state index < -0.39 is 11.0 Å². The number of hydrogen-bond donors (Lipinski definition) is 0. The van der Waals surface area contributed by atoms with Crippen molar-refractivity contribution in [3.8, 4) is 6.07 Å². The van der Waals surface area contributed by atoms with Crippen LogP contribution in [0.1, 0.15) is 5.56 Å². The minimum absolute atomic E-state index is 0.0180. The predicted molar refractivity (Wildman–Crippen MR) is 68.7 cm³/mol. The first-order valence-electron chi connectivity index (χ1n) is 5.76. The van der Waals surface area contributed by atoms with Gasteiger partial charge in [0.1, 0.15) is 0 Å². The van der Waals surface area contributed by atoms with Gasteiger partial charge in [-0.1, -0.05) is 11.6 Å². The van der Waals surface area contributed by atoms with Gasteiger partial charge in [-0.15, -0.1) is 0 Å². The van der Waals surface area contributed by atoms with Crippen molar-refractivity contribution >= 4 is 17.3 Å². The molecule has 19 heavy (non-hydrogen) atoms. The van der Waals surface area contributed by atoms with Crippen LogP contribution in [0.15, 0.2) is 18.2 Å². The summed E-state index contributed by atoms with van der Waals surface area (Å²) in [5.74, 6) is 0. The molecule has 0 aliphatic carbocycles. The molecule has 0 saturated carbocycles. The summed E-state index contributed by atoms with van der Waals surface area (Å²) in [6.45, 7) is 2.11. The van der Waals surface area contributed by atoms with E-state index in [2.05, 4.69) is 6.07 Å². The molecule has 100 valence electrons. The van der Waals surface area contributed by atoms with E-state index in [9.17, 15) is 10.1 Å². The van der Waals surface area contributed by atoms with E-state index in [4.69, 9.17) is 21.6 Å². The standard InChI is InChI=1S/C12H12ClN3O3/c13-12-2-1-10(16(17)18)5-9(12)7-15-3-4-19-11(6-14)8-15/h1-2,5,11H,3-4,7-8H2. The molecule has 1 aliphatic heterocycles. The molecule has 1 atom stereocenters. The molecular formula is C12H12ClN3O3. The van der Waals surface area contributed by atoms with Gasteiger partial charge >= 0.3 is 0 Å². The first-order valence-corrected chi connectivity index (χ1v) is 6.14. The number of morpholine rings is 1. The number of non-ortho nitro benzene ring substituents is 1. The zero-order valence-corrected chi connectivity index (χ0v) is 10.8. The molecule has 7 heteroatoms. The van der Waals surface area contributed by atoms with Crippen LogP contribution in [0.5, 0.6) is 0 Å². The summed E-state index contributed by atoms with van der Waals surface area (Å²) in [4.78, 5) is 12.3. The van der Waals surface area contributed by atoms with Crippen LogP contribution in [0.3, 0.4) is 0 Å². The van der Waals surface area contributed by atoms with Crippen LogP contribution in [0, 0.1) is 21.4 Å². The van der Waals surface area contributed by atoms with E-state index in [0.717, 1.165) is 0 Å². The average molecular weight is 282 g/mol. The highest BCUT2D eigenvalue weighted by Gasteiger charge is 2.21. The third-order valence-electron chi connectivity index (χ3n) is 2.93. The molecule has 0 aromatic heterocycles. The van der Waals surface area contributed by atoms with E-state index in [1.165, 1.54) is 18.2 Å². The van der Waals surface area contributed by atoms with Crippen LogP contribution in [0.25, 0.3) is 0 Å². The molecule has 1 aromatic rings. The smallest absolute Gasteiger partial charge is 0.269 e. The van der Waals surface area contributed by atoms with Gasteiger partial charge in [0.05, 0.1) is 17.6 Å². The van der Waals surface area contributed by atoms with Crippen LogP contribution in [0.4, 0.5) is 5.69 Å². The molecule has 0 radical (unpaired) electrons. The topological polar surface area (TPSA) is 79.4 Å². The summed E-state index contributed by atoms with van der Waals surface area (Å²) in [6, 6.07) is 6.43. The molecule has 1 fully saturated rings. The fraction of sp³-hybridized carbons (Fsp3) is 0.417. The fourth-order valence-corrected chi connectivity index (χ4v) is 2.14. The van der Waals surface area contributed by atoms with E-state index in [1.54, 1.807) is 0 Å². The van der Waals surface area contributed by atoms with Gasteiger partial charge in [-0.3, -0.25) is 15.0 Å². The minimum Gasteiger partial charge on any atom is -0.361 e. The molecular weight excluding hydrogens is 270 g/mol. The quantitative estimate of drug-likeness (QED) is 0.625. The zero-order chi connectivity index (χ0) is 13.8. The normalized spacial score (nSPS) is 19.9. The minimum atomic E-state index is -0.453. The second-order valence-electron chi connectivity index (χ2n) is 4.26. The van der Waals surface area contributed by atoms with Gasteiger partial charge in [0.2, 0.25) is 0 Å². The summed E-state index contributed by atoms with van der Waals surface area (Å²) in [5, 5.41) is 20.1. The number of ether oxygens (including phenoxy) is 1. The third kappa shape index (κ3) is 3.41. The van der Waals surface area contributed by atoms with Crippen LogP contribution in [0.2, 0.25) is 5.02 Å². The summed E-state index contributed by atoms with van der Waals surface area (Å²) in [5.41, 5.74) is 0.707. The van der Waals surface area contributed by atoms with Crippen LogP contribution < -0.4 is 0 Å². The maximum atomic E-state index is 10.7. The van der Waals surface area contributed by atoms with Gasteiger partial charge in [0, 0.05) is 36.8 Å². The van der Waals surface area contributed by atoms with Crippen molar-refractivity contribution in [3.05, 3.63) is 38.9 Å². The van der Waals surface area contributed by atoms with Crippen molar-refractivity contribution < 1.29 is 9.66 Å². The second kappa shape index (κ2) is 5.97. The van der Waals surface area contributed by atoms with Crippen LogP contribution in [-0.4, -0.2) is 35.6 Å². The molecule has 1 saturated heterocycles. The Morgan fingerprint density at radius 3 is 3.11 bits per heavy atom. The van der Waals surface area contributed by atoms with Crippen molar-refractivity contribution in [2.45, 2.75) is 12.6 Å². The lowest BCUT2D eigenvalue weighted by atomic mass is 10.1. The highest BCUT2D eigenvalue weighted by atomic mass is 35.5. The molecule has 2 rings (SSSR count). The van der Waals surface area contributed by atoms with E-state index in [1.807, 2.05) is 4.90 Å². The first kappa shape index (κ1) is 13.7. The second-order valence-corrected chi connectivity index (χ2v) is 4.66. The fourth-order valence-electron chi connectivity index (χ4n) is 1.96. The zero-order valence-electron chi connectivity index (χ0n) is 10.1. The van der Waals surface area contributed by atoms with Crippen molar-refractivity contribution in [1.82, 2.24) is 4.90 Å². The number of nitriles is 1. The lowest BCUT2D eigenvalue weighted by Gasteiger charge is -2.29. The SMILES string of the molecule is N#CC1CN(Cc2cc([N+](=O)[O-])ccc2Cl)CCO1. The van der Waals surface area contributed by atoms with Crippen molar-refractivity contribution in [2.24, 2.45) is 0 Å². The van der Waals surface area contributed by atoms with Gasteiger partial charge < -0.3 is 4.74 Å². The highest BCUT2D eigenvalue weighted by molar-refractivity contribution is 6.31. The summed E-state index contributed by atoms with van der Waals surface area (Å²) < 4.78 is 5.24. The van der Waals surface area contributed by atoms with Gasteiger partial charge in [0.25, 0.3) is 5.69 Å². The number of benzene rings is 1. The van der Waals surface area contributed by atoms with Crippen LogP contribution >= 0.6 is 11.6 Å².